The van der Waals surface area contributed by atoms with Crippen molar-refractivity contribution in [2.24, 2.45) is 17.3 Å². The van der Waals surface area contributed by atoms with Crippen LogP contribution in [0.2, 0.25) is 0 Å². The van der Waals surface area contributed by atoms with Gasteiger partial charge in [0.1, 0.15) is 18.2 Å². The van der Waals surface area contributed by atoms with Crippen molar-refractivity contribution in [1.82, 2.24) is 20.4 Å². The molecule has 1 saturated carbocycles. The van der Waals surface area contributed by atoms with Crippen LogP contribution in [0.5, 0.6) is 0 Å². The smallest absolute Gasteiger partial charge is 0.410 e. The van der Waals surface area contributed by atoms with Gasteiger partial charge < -0.3 is 29.9 Å². The van der Waals surface area contributed by atoms with E-state index in [1.54, 1.807) is 16.8 Å². The normalized spacial score (nSPS) is 17.8. The lowest BCUT2D eigenvalue weighted by Crippen LogP contribution is -2.58. The molecule has 0 radical (unpaired) electrons. The van der Waals surface area contributed by atoms with Gasteiger partial charge >= 0.3 is 12.2 Å². The predicted molar refractivity (Wildman–Crippen MR) is 170 cm³/mol. The van der Waals surface area contributed by atoms with Crippen molar-refractivity contribution in [3.05, 3.63) is 35.9 Å². The van der Waals surface area contributed by atoms with Crippen molar-refractivity contribution in [3.8, 4) is 0 Å². The highest BCUT2D eigenvalue weighted by Crippen LogP contribution is 2.31. The molecule has 1 aliphatic heterocycles. The minimum atomic E-state index is -0.750. The maximum absolute atomic E-state index is 13.9. The number of nitrogens with one attached hydrogen (secondary N) is 2. The number of amides is 4. The largest absolute Gasteiger partial charge is 0.445 e. The molecule has 10 nitrogen and oxygen atoms in total. The monoisotopic (exact) mass is 614 g/mol. The second-order valence-corrected chi connectivity index (χ2v) is 14.5. The van der Waals surface area contributed by atoms with Gasteiger partial charge in [0.25, 0.3) is 0 Å². The molecule has 0 bridgehead atoms. The molecule has 1 aromatic rings. The van der Waals surface area contributed by atoms with Crippen LogP contribution < -0.4 is 10.6 Å². The first kappa shape index (κ1) is 35.2. The fourth-order valence-electron chi connectivity index (χ4n) is 5.97. The highest BCUT2D eigenvalue weighted by atomic mass is 16.6. The molecule has 2 atom stereocenters. The maximum Gasteiger partial charge on any atom is 0.410 e. The molecule has 1 aromatic carbocycles. The van der Waals surface area contributed by atoms with Crippen molar-refractivity contribution < 1.29 is 28.7 Å². The summed E-state index contributed by atoms with van der Waals surface area (Å²) in [6.07, 6.45) is 5.42. The predicted octanol–water partition coefficient (Wildman–Crippen LogP) is 5.50. The first-order valence-corrected chi connectivity index (χ1v) is 16.1. The molecule has 2 N–H and O–H groups in total. The summed E-state index contributed by atoms with van der Waals surface area (Å²) < 4.78 is 10.9. The van der Waals surface area contributed by atoms with E-state index in [1.807, 2.05) is 71.9 Å². The molecule has 2 unspecified atom stereocenters. The van der Waals surface area contributed by atoms with Crippen LogP contribution in [0.4, 0.5) is 9.59 Å². The van der Waals surface area contributed by atoms with Crippen molar-refractivity contribution in [2.75, 3.05) is 26.7 Å². The standard InChI is InChI=1S/C34H54N4O6/c1-33(2,3)28(30(40)37(7)27-17-19-38(20-18-27)32(42)44-34(4,5)6)36-29(39)26(21-24-13-11-12-14-24)22-35-31(41)43-23-25-15-9-8-10-16-25/h8-10,15-16,24,26-28H,11-14,17-23H2,1-7H3,(H,35,41)(H,36,39). The zero-order valence-corrected chi connectivity index (χ0v) is 27.8. The van der Waals surface area contributed by atoms with E-state index < -0.39 is 29.1 Å². The van der Waals surface area contributed by atoms with Crippen molar-refractivity contribution in [1.29, 1.82) is 0 Å². The molecule has 246 valence electrons. The third-order valence-electron chi connectivity index (χ3n) is 8.58. The molecular weight excluding hydrogens is 560 g/mol. The lowest BCUT2D eigenvalue weighted by molar-refractivity contribution is -0.141. The molecule has 4 amide bonds. The van der Waals surface area contributed by atoms with Crippen molar-refractivity contribution >= 4 is 24.0 Å². The van der Waals surface area contributed by atoms with Crippen molar-refractivity contribution in [2.45, 2.75) is 111 Å². The number of hydrogen-bond acceptors (Lipinski definition) is 6. The van der Waals surface area contributed by atoms with Gasteiger partial charge in [-0.05, 0) is 56.9 Å². The molecule has 1 aliphatic carbocycles. The number of hydrogen-bond donors (Lipinski definition) is 2. The molecule has 1 saturated heterocycles. The topological polar surface area (TPSA) is 117 Å². The number of alkyl carbamates (subject to hydrolysis) is 1. The second kappa shape index (κ2) is 15.6. The molecule has 1 heterocycles. The minimum Gasteiger partial charge on any atom is -0.445 e. The van der Waals surface area contributed by atoms with Crippen LogP contribution >= 0.6 is 0 Å². The fourth-order valence-corrected chi connectivity index (χ4v) is 5.97. The van der Waals surface area contributed by atoms with E-state index in [9.17, 15) is 19.2 Å². The van der Waals surface area contributed by atoms with Gasteiger partial charge in [0.2, 0.25) is 11.8 Å². The summed E-state index contributed by atoms with van der Waals surface area (Å²) in [6, 6.07) is 8.63. The fraction of sp³-hybridized carbons (Fsp3) is 0.706. The maximum atomic E-state index is 13.9. The van der Waals surface area contributed by atoms with Crippen LogP contribution in [-0.4, -0.2) is 78.2 Å². The lowest BCUT2D eigenvalue weighted by atomic mass is 9.84. The van der Waals surface area contributed by atoms with Crippen LogP contribution in [-0.2, 0) is 25.7 Å². The SMILES string of the molecule is CN(C(=O)C(NC(=O)C(CNC(=O)OCc1ccccc1)CC1CCCC1)C(C)(C)C)C1CCN(C(=O)OC(C)(C)C)CC1. The van der Waals surface area contributed by atoms with Gasteiger partial charge in [-0.1, -0.05) is 76.8 Å². The second-order valence-electron chi connectivity index (χ2n) is 14.5. The van der Waals surface area contributed by atoms with E-state index in [-0.39, 0.29) is 37.1 Å². The van der Waals surface area contributed by atoms with Crippen molar-refractivity contribution in [3.63, 3.8) is 0 Å². The van der Waals surface area contributed by atoms with E-state index in [2.05, 4.69) is 10.6 Å². The van der Waals surface area contributed by atoms with E-state index in [0.29, 0.717) is 38.3 Å². The third-order valence-corrected chi connectivity index (χ3v) is 8.58. The average Bonchev–Trinajstić information content (AvgIpc) is 3.48. The van der Waals surface area contributed by atoms with E-state index in [0.717, 1.165) is 31.2 Å². The zero-order chi connectivity index (χ0) is 32.5. The first-order valence-electron chi connectivity index (χ1n) is 16.1. The summed E-state index contributed by atoms with van der Waals surface area (Å²) in [5, 5.41) is 5.87. The summed E-state index contributed by atoms with van der Waals surface area (Å²) in [5.41, 5.74) is -0.223. The molecule has 2 fully saturated rings. The number of benzene rings is 1. The highest BCUT2D eigenvalue weighted by molar-refractivity contribution is 5.89. The van der Waals surface area contributed by atoms with E-state index >= 15 is 0 Å². The lowest BCUT2D eigenvalue weighted by Gasteiger charge is -2.40. The highest BCUT2D eigenvalue weighted by Gasteiger charge is 2.39. The zero-order valence-electron chi connectivity index (χ0n) is 27.8. The number of nitrogens with zero attached hydrogens (tertiary/aromatic N) is 2. The molecule has 0 spiro atoms. The summed E-state index contributed by atoms with van der Waals surface area (Å²) in [5.74, 6) is -0.463. The number of carbonyl (C=O) groups is 4. The Morgan fingerprint density at radius 2 is 1.57 bits per heavy atom. The van der Waals surface area contributed by atoms with Crippen LogP contribution in [0.3, 0.4) is 0 Å². The number of likely N-dealkylation sites (N-methyl/N-ethyl adjacent to an activating group) is 1. The van der Waals surface area contributed by atoms with Crippen LogP contribution in [0, 0.1) is 17.3 Å². The Kier molecular flexibility index (Phi) is 12.5. The molecular formula is C34H54N4O6. The van der Waals surface area contributed by atoms with Gasteiger partial charge in [-0.3, -0.25) is 9.59 Å². The molecule has 2 aliphatic rings. The van der Waals surface area contributed by atoms with Gasteiger partial charge in [0.05, 0.1) is 5.92 Å². The summed E-state index contributed by atoms with van der Waals surface area (Å²) in [4.78, 5) is 56.1. The van der Waals surface area contributed by atoms with Gasteiger partial charge in [-0.25, -0.2) is 9.59 Å². The first-order chi connectivity index (χ1) is 20.6. The summed E-state index contributed by atoms with van der Waals surface area (Å²) in [6.45, 7) is 12.7. The number of rotatable bonds is 10. The van der Waals surface area contributed by atoms with Crippen LogP contribution in [0.1, 0.15) is 92.1 Å². The molecule has 3 rings (SSSR count). The molecule has 10 heteroatoms. The Morgan fingerprint density at radius 1 is 0.955 bits per heavy atom. The Labute approximate surface area is 263 Å². The average molecular weight is 615 g/mol. The van der Waals surface area contributed by atoms with E-state index in [4.69, 9.17) is 9.47 Å². The van der Waals surface area contributed by atoms with Crippen LogP contribution in [0.15, 0.2) is 30.3 Å². The van der Waals surface area contributed by atoms with Gasteiger partial charge in [-0.15, -0.1) is 0 Å². The summed E-state index contributed by atoms with van der Waals surface area (Å²) >= 11 is 0. The number of likely N-dealkylation sites (tertiary alicyclic amines) is 1. The minimum absolute atomic E-state index is 0.0572. The van der Waals surface area contributed by atoms with Gasteiger partial charge in [0, 0.05) is 32.7 Å². The Morgan fingerprint density at radius 3 is 2.14 bits per heavy atom. The molecule has 0 aromatic heterocycles. The van der Waals surface area contributed by atoms with E-state index in [1.165, 1.54) is 0 Å². The Bertz CT molecular complexity index is 1100. The number of ether oxygens (including phenoxy) is 2. The van der Waals surface area contributed by atoms with Gasteiger partial charge in [-0.2, -0.15) is 0 Å². The quantitative estimate of drug-likeness (QED) is 0.360. The number of carbonyl (C=O) groups excluding carboxylic acids is 4. The van der Waals surface area contributed by atoms with Crippen LogP contribution in [0.25, 0.3) is 0 Å². The Hall–Kier alpha value is -3.30. The summed E-state index contributed by atoms with van der Waals surface area (Å²) in [7, 11) is 1.78. The Balaban J connectivity index is 1.61. The molecule has 44 heavy (non-hydrogen) atoms. The third kappa shape index (κ3) is 11.0. The van der Waals surface area contributed by atoms with Gasteiger partial charge in [0.15, 0.2) is 0 Å². The number of piperidine rings is 1.